The molecule has 0 fully saturated rings. The van der Waals surface area contributed by atoms with Gasteiger partial charge in [-0.05, 0) is 99.3 Å². The van der Waals surface area contributed by atoms with E-state index in [9.17, 15) is 0 Å². The molecule has 0 aliphatic heterocycles. The van der Waals surface area contributed by atoms with E-state index in [1.165, 1.54) is 99.1 Å². The molecule has 3 heteroatoms. The summed E-state index contributed by atoms with van der Waals surface area (Å²) in [7, 11) is 0. The van der Waals surface area contributed by atoms with E-state index in [4.69, 9.17) is 0 Å². The number of para-hydroxylation sites is 3. The van der Waals surface area contributed by atoms with Crippen LogP contribution in [-0.2, 0) is 0 Å². The predicted molar refractivity (Wildman–Crippen MR) is 200 cm³/mol. The highest BCUT2D eigenvalue weighted by Crippen LogP contribution is 2.48. The highest BCUT2D eigenvalue weighted by molar-refractivity contribution is 6.17. The van der Waals surface area contributed by atoms with Gasteiger partial charge in [-0.25, -0.2) is 0 Å². The van der Waals surface area contributed by atoms with Gasteiger partial charge in [-0.2, -0.15) is 0 Å². The zero-order valence-electron chi connectivity index (χ0n) is 25.9. The van der Waals surface area contributed by atoms with E-state index >= 15 is 0 Å². The summed E-state index contributed by atoms with van der Waals surface area (Å²) in [6.07, 6.45) is 3.91. The molecule has 0 bridgehead atoms. The van der Waals surface area contributed by atoms with E-state index in [2.05, 4.69) is 166 Å². The molecule has 0 unspecified atom stereocenters. The van der Waals surface area contributed by atoms with E-state index in [1.807, 2.05) is 12.4 Å². The average Bonchev–Trinajstić information content (AvgIpc) is 3.78. The fraction of sp³-hybridized carbons (Fsp3) is 0. The highest BCUT2D eigenvalue weighted by Gasteiger charge is 2.23. The highest BCUT2D eigenvalue weighted by atomic mass is 15.0. The Morgan fingerprint density at radius 3 is 1.92 bits per heavy atom. The lowest BCUT2D eigenvalue weighted by molar-refractivity contribution is 1.18. The zero-order valence-corrected chi connectivity index (χ0v) is 25.9. The van der Waals surface area contributed by atoms with Crippen molar-refractivity contribution in [3.05, 3.63) is 164 Å². The summed E-state index contributed by atoms with van der Waals surface area (Å²) in [5.41, 5.74) is 14.6. The molecule has 3 heterocycles. The van der Waals surface area contributed by atoms with Gasteiger partial charge in [0.05, 0.1) is 22.1 Å². The van der Waals surface area contributed by atoms with Crippen molar-refractivity contribution in [2.75, 3.05) is 0 Å². The van der Waals surface area contributed by atoms with Crippen LogP contribution in [0.4, 0.5) is 0 Å². The molecule has 7 aromatic carbocycles. The van der Waals surface area contributed by atoms with Crippen molar-refractivity contribution in [1.82, 2.24) is 14.1 Å². The van der Waals surface area contributed by atoms with Crippen molar-refractivity contribution in [2.24, 2.45) is 0 Å². The van der Waals surface area contributed by atoms with Gasteiger partial charge < -0.3 is 9.13 Å². The van der Waals surface area contributed by atoms with Gasteiger partial charge in [-0.3, -0.25) is 4.98 Å². The molecular formula is C45H27N3. The van der Waals surface area contributed by atoms with Gasteiger partial charge in [0.15, 0.2) is 0 Å². The zero-order chi connectivity index (χ0) is 31.3. The molecule has 1 aliphatic carbocycles. The molecule has 0 spiro atoms. The summed E-state index contributed by atoms with van der Waals surface area (Å²) >= 11 is 0. The Labute approximate surface area is 276 Å². The second-order valence-corrected chi connectivity index (χ2v) is 12.8. The number of aromatic nitrogens is 3. The average molecular weight is 610 g/mol. The standard InChI is InChI=1S/C45H27N3/c1-2-10-31(11-3-1)47-42-16-7-5-13-35(42)38-24-28(18-20-43(38)47)29-17-19-36-34-12-4-6-15-41(34)48(44(36)25-29)32-23-30-9-8-14-37-40-27-46-22-21-33(40)39(26-32)45(30)37/h1-27H. The number of nitrogens with zero attached hydrogens (tertiary/aromatic N) is 3. The Kier molecular flexibility index (Phi) is 5.11. The third-order valence-electron chi connectivity index (χ3n) is 10.3. The molecule has 3 aromatic heterocycles. The lowest BCUT2D eigenvalue weighted by Crippen LogP contribution is -1.95. The van der Waals surface area contributed by atoms with Gasteiger partial charge >= 0.3 is 0 Å². The maximum absolute atomic E-state index is 4.46. The first-order valence-corrected chi connectivity index (χ1v) is 16.5. The number of benzene rings is 7. The largest absolute Gasteiger partial charge is 0.309 e. The van der Waals surface area contributed by atoms with E-state index in [0.29, 0.717) is 0 Å². The van der Waals surface area contributed by atoms with E-state index in [0.717, 1.165) is 0 Å². The van der Waals surface area contributed by atoms with Crippen molar-refractivity contribution in [3.8, 4) is 44.8 Å². The maximum Gasteiger partial charge on any atom is 0.0547 e. The van der Waals surface area contributed by atoms with Crippen LogP contribution in [0.25, 0.3) is 99.1 Å². The number of rotatable bonds is 3. The smallest absolute Gasteiger partial charge is 0.0547 e. The van der Waals surface area contributed by atoms with Crippen LogP contribution in [0.5, 0.6) is 0 Å². The van der Waals surface area contributed by atoms with Gasteiger partial charge in [-0.1, -0.05) is 91.0 Å². The number of hydrogen-bond donors (Lipinski definition) is 0. The third-order valence-corrected chi connectivity index (χ3v) is 10.3. The van der Waals surface area contributed by atoms with Gasteiger partial charge in [0.1, 0.15) is 0 Å². The molecule has 222 valence electrons. The van der Waals surface area contributed by atoms with Crippen LogP contribution < -0.4 is 0 Å². The summed E-state index contributed by atoms with van der Waals surface area (Å²) in [5, 5.41) is 7.60. The van der Waals surface area contributed by atoms with E-state index in [-0.39, 0.29) is 0 Å². The second-order valence-electron chi connectivity index (χ2n) is 12.8. The minimum atomic E-state index is 1.17. The number of pyridine rings is 1. The molecule has 0 N–H and O–H groups in total. The van der Waals surface area contributed by atoms with Gasteiger partial charge in [-0.15, -0.1) is 0 Å². The van der Waals surface area contributed by atoms with Crippen LogP contribution in [0.1, 0.15) is 0 Å². The minimum Gasteiger partial charge on any atom is -0.309 e. The molecule has 11 rings (SSSR count). The molecule has 1 aliphatic rings. The van der Waals surface area contributed by atoms with Crippen molar-refractivity contribution in [1.29, 1.82) is 0 Å². The monoisotopic (exact) mass is 609 g/mol. The summed E-state index contributed by atoms with van der Waals surface area (Å²) in [5.74, 6) is 0. The second kappa shape index (κ2) is 9.54. The van der Waals surface area contributed by atoms with E-state index in [1.54, 1.807) is 0 Å². The normalized spacial score (nSPS) is 12.2. The van der Waals surface area contributed by atoms with Gasteiger partial charge in [0, 0.05) is 50.9 Å². The minimum absolute atomic E-state index is 1.17. The molecule has 48 heavy (non-hydrogen) atoms. The molecule has 0 radical (unpaired) electrons. The van der Waals surface area contributed by atoms with Crippen LogP contribution >= 0.6 is 0 Å². The summed E-state index contributed by atoms with van der Waals surface area (Å²) in [6.45, 7) is 0. The van der Waals surface area contributed by atoms with Gasteiger partial charge in [0.2, 0.25) is 0 Å². The fourth-order valence-electron chi connectivity index (χ4n) is 8.26. The summed E-state index contributed by atoms with van der Waals surface area (Å²) in [6, 6.07) is 55.6. The van der Waals surface area contributed by atoms with Crippen molar-refractivity contribution in [3.63, 3.8) is 0 Å². The van der Waals surface area contributed by atoms with Crippen LogP contribution in [0.3, 0.4) is 0 Å². The molecule has 0 atom stereocenters. The third kappa shape index (κ3) is 3.45. The molecule has 0 saturated heterocycles. The van der Waals surface area contributed by atoms with Crippen molar-refractivity contribution in [2.45, 2.75) is 0 Å². The lowest BCUT2D eigenvalue weighted by atomic mass is 10.0. The first-order chi connectivity index (χ1) is 23.8. The van der Waals surface area contributed by atoms with Crippen LogP contribution in [-0.4, -0.2) is 14.1 Å². The molecule has 10 aromatic rings. The van der Waals surface area contributed by atoms with Crippen LogP contribution in [0.2, 0.25) is 0 Å². The molecule has 3 nitrogen and oxygen atoms in total. The maximum atomic E-state index is 4.46. The van der Waals surface area contributed by atoms with Crippen molar-refractivity contribution >= 4 is 54.4 Å². The molecule has 0 saturated carbocycles. The number of hydrogen-bond acceptors (Lipinski definition) is 1. The van der Waals surface area contributed by atoms with E-state index < -0.39 is 0 Å². The quantitative estimate of drug-likeness (QED) is 0.195. The Morgan fingerprint density at radius 2 is 1.06 bits per heavy atom. The number of fused-ring (bicyclic) bond motifs is 9. The Bertz CT molecular complexity index is 2940. The summed E-state index contributed by atoms with van der Waals surface area (Å²) < 4.78 is 4.83. The lowest BCUT2D eigenvalue weighted by Gasteiger charge is -2.13. The topological polar surface area (TPSA) is 22.8 Å². The predicted octanol–water partition coefficient (Wildman–Crippen LogP) is 11.7. The summed E-state index contributed by atoms with van der Waals surface area (Å²) in [4.78, 5) is 4.46. The van der Waals surface area contributed by atoms with Crippen LogP contribution in [0.15, 0.2) is 164 Å². The Hall–Kier alpha value is -6.45. The molecule has 0 amide bonds. The van der Waals surface area contributed by atoms with Gasteiger partial charge in [0.25, 0.3) is 0 Å². The van der Waals surface area contributed by atoms with Crippen LogP contribution in [0, 0.1) is 0 Å². The Morgan fingerprint density at radius 1 is 0.375 bits per heavy atom. The van der Waals surface area contributed by atoms with Crippen molar-refractivity contribution < 1.29 is 0 Å². The first-order valence-electron chi connectivity index (χ1n) is 16.5. The Balaban J connectivity index is 1.15. The SMILES string of the molecule is c1ccc(-n2c3ccccc3c3cc(-c4ccc5c6ccccc6n(-c6cc7c8c(cccc8c6)-c6cnccc6-7)c5c4)ccc32)cc1. The first kappa shape index (κ1) is 25.7. The molecular weight excluding hydrogens is 583 g/mol. The fourth-order valence-corrected chi connectivity index (χ4v) is 8.26.